The lowest BCUT2D eigenvalue weighted by atomic mass is 9.91. The van der Waals surface area contributed by atoms with Gasteiger partial charge in [-0.1, -0.05) is 43.9 Å². The second kappa shape index (κ2) is 10.8. The lowest BCUT2D eigenvalue weighted by molar-refractivity contribution is -0.118. The molecule has 1 unspecified atom stereocenters. The maximum Gasteiger partial charge on any atom is 0.123 e. The third-order valence-electron chi connectivity index (χ3n) is 5.44. The van der Waals surface area contributed by atoms with Crippen LogP contribution in [0.3, 0.4) is 0 Å². The standard InChI is InChI=1S/C25H36O3/c1-7-9-22(28-24-17-23(18-24)26-5)13-12-19(2)21-11-8-10-20(16-21)14-15-25(3,4)27-6/h8,10-11,16,22-24H,2,7,9,12-13,17-18H2,1,3-6H3. The van der Waals surface area contributed by atoms with Gasteiger partial charge in [-0.15, -0.1) is 0 Å². The van der Waals surface area contributed by atoms with Crippen LogP contribution >= 0.6 is 0 Å². The average molecular weight is 385 g/mol. The number of allylic oxidation sites excluding steroid dienone is 1. The van der Waals surface area contributed by atoms with Crippen molar-refractivity contribution < 1.29 is 14.2 Å². The van der Waals surface area contributed by atoms with Crippen molar-refractivity contribution in [3.8, 4) is 11.8 Å². The number of ether oxygens (including phenoxy) is 3. The minimum Gasteiger partial charge on any atom is -0.381 e. The molecule has 154 valence electrons. The number of hydrogen-bond acceptors (Lipinski definition) is 3. The molecule has 2 rings (SSSR count). The molecular formula is C25H36O3. The zero-order chi connectivity index (χ0) is 20.6. The molecule has 1 aliphatic rings. The first-order chi connectivity index (χ1) is 13.4. The van der Waals surface area contributed by atoms with E-state index in [0.717, 1.165) is 55.2 Å². The molecule has 0 spiro atoms. The van der Waals surface area contributed by atoms with Gasteiger partial charge in [-0.3, -0.25) is 0 Å². The maximum absolute atomic E-state index is 6.30. The van der Waals surface area contributed by atoms with E-state index in [2.05, 4.69) is 37.5 Å². The third kappa shape index (κ3) is 7.09. The van der Waals surface area contributed by atoms with Crippen LogP contribution in [0.4, 0.5) is 0 Å². The lowest BCUT2D eigenvalue weighted by Gasteiger charge is -2.36. The summed E-state index contributed by atoms with van der Waals surface area (Å²) in [5.74, 6) is 6.38. The Morgan fingerprint density at radius 2 is 1.96 bits per heavy atom. The number of benzene rings is 1. The van der Waals surface area contributed by atoms with Crippen molar-refractivity contribution >= 4 is 5.57 Å². The van der Waals surface area contributed by atoms with Gasteiger partial charge in [0.2, 0.25) is 0 Å². The molecule has 1 saturated carbocycles. The Balaban J connectivity index is 1.91. The molecule has 0 amide bonds. The Labute approximate surface area is 171 Å². The summed E-state index contributed by atoms with van der Waals surface area (Å²) >= 11 is 0. The Morgan fingerprint density at radius 1 is 1.21 bits per heavy atom. The van der Waals surface area contributed by atoms with Crippen LogP contribution in [0.5, 0.6) is 0 Å². The summed E-state index contributed by atoms with van der Waals surface area (Å²) in [6.07, 6.45) is 7.27. The summed E-state index contributed by atoms with van der Waals surface area (Å²) in [5, 5.41) is 0. The summed E-state index contributed by atoms with van der Waals surface area (Å²) in [6.45, 7) is 10.5. The zero-order valence-electron chi connectivity index (χ0n) is 18.2. The third-order valence-corrected chi connectivity index (χ3v) is 5.44. The fraction of sp³-hybridized carbons (Fsp3) is 0.600. The number of hydrogen-bond donors (Lipinski definition) is 0. The number of rotatable bonds is 10. The first-order valence-corrected chi connectivity index (χ1v) is 10.4. The van der Waals surface area contributed by atoms with E-state index in [4.69, 9.17) is 14.2 Å². The van der Waals surface area contributed by atoms with Gasteiger partial charge in [0.1, 0.15) is 5.60 Å². The van der Waals surface area contributed by atoms with E-state index in [1.54, 1.807) is 14.2 Å². The van der Waals surface area contributed by atoms with Gasteiger partial charge in [-0.2, -0.15) is 0 Å². The van der Waals surface area contributed by atoms with Gasteiger partial charge in [0.25, 0.3) is 0 Å². The molecular weight excluding hydrogens is 348 g/mol. The molecule has 1 fully saturated rings. The highest BCUT2D eigenvalue weighted by atomic mass is 16.5. The summed E-state index contributed by atoms with van der Waals surface area (Å²) in [5.41, 5.74) is 2.84. The van der Waals surface area contributed by atoms with E-state index >= 15 is 0 Å². The predicted octanol–water partition coefficient (Wildman–Crippen LogP) is 5.62. The van der Waals surface area contributed by atoms with Crippen molar-refractivity contribution in [2.45, 2.75) is 83.2 Å². The molecule has 1 aromatic carbocycles. The largest absolute Gasteiger partial charge is 0.381 e. The second-order valence-corrected chi connectivity index (χ2v) is 8.19. The molecule has 1 atom stereocenters. The highest BCUT2D eigenvalue weighted by Crippen LogP contribution is 2.30. The quantitative estimate of drug-likeness (QED) is 0.490. The Morgan fingerprint density at radius 3 is 2.61 bits per heavy atom. The summed E-state index contributed by atoms with van der Waals surface area (Å²) in [6, 6.07) is 8.30. The van der Waals surface area contributed by atoms with E-state index in [9.17, 15) is 0 Å². The zero-order valence-corrected chi connectivity index (χ0v) is 18.2. The molecule has 0 N–H and O–H groups in total. The normalized spacial score (nSPS) is 20.0. The van der Waals surface area contributed by atoms with E-state index in [0.29, 0.717) is 18.3 Å². The van der Waals surface area contributed by atoms with Gasteiger partial charge in [0.15, 0.2) is 0 Å². The Bertz CT molecular complexity index is 689. The van der Waals surface area contributed by atoms with Gasteiger partial charge in [-0.25, -0.2) is 0 Å². The molecule has 28 heavy (non-hydrogen) atoms. The smallest absolute Gasteiger partial charge is 0.123 e. The van der Waals surface area contributed by atoms with Crippen LogP contribution < -0.4 is 0 Å². The monoisotopic (exact) mass is 384 g/mol. The number of methoxy groups -OCH3 is 2. The molecule has 0 saturated heterocycles. The molecule has 3 nitrogen and oxygen atoms in total. The average Bonchev–Trinajstić information content (AvgIpc) is 2.66. The first kappa shape index (κ1) is 22.7. The van der Waals surface area contributed by atoms with Gasteiger partial charge < -0.3 is 14.2 Å². The molecule has 1 aliphatic carbocycles. The fourth-order valence-corrected chi connectivity index (χ4v) is 3.27. The molecule has 0 bridgehead atoms. The van der Waals surface area contributed by atoms with Crippen LogP contribution in [-0.4, -0.2) is 38.1 Å². The lowest BCUT2D eigenvalue weighted by Crippen LogP contribution is -2.39. The van der Waals surface area contributed by atoms with E-state index in [1.807, 2.05) is 26.0 Å². The highest BCUT2D eigenvalue weighted by molar-refractivity contribution is 5.64. The van der Waals surface area contributed by atoms with Crippen LogP contribution in [0.2, 0.25) is 0 Å². The van der Waals surface area contributed by atoms with E-state index in [1.165, 1.54) is 0 Å². The minimum absolute atomic E-state index is 0.301. The molecule has 0 aromatic heterocycles. The fourth-order valence-electron chi connectivity index (χ4n) is 3.27. The SMILES string of the molecule is C=C(CCC(CCC)OC1CC(OC)C1)c1cccc(C#CC(C)(C)OC)c1. The van der Waals surface area contributed by atoms with Gasteiger partial charge in [0.05, 0.1) is 18.3 Å². The van der Waals surface area contributed by atoms with Crippen LogP contribution in [0.25, 0.3) is 5.57 Å². The maximum atomic E-state index is 6.30. The van der Waals surface area contributed by atoms with Crippen molar-refractivity contribution in [1.82, 2.24) is 0 Å². The summed E-state index contributed by atoms with van der Waals surface area (Å²) in [4.78, 5) is 0. The topological polar surface area (TPSA) is 27.7 Å². The van der Waals surface area contributed by atoms with Gasteiger partial charge >= 0.3 is 0 Å². The first-order valence-electron chi connectivity index (χ1n) is 10.4. The predicted molar refractivity (Wildman–Crippen MR) is 116 cm³/mol. The summed E-state index contributed by atoms with van der Waals surface area (Å²) < 4.78 is 17.0. The van der Waals surface area contributed by atoms with Crippen molar-refractivity contribution in [1.29, 1.82) is 0 Å². The molecule has 1 aromatic rings. The van der Waals surface area contributed by atoms with Crippen molar-refractivity contribution in [3.05, 3.63) is 42.0 Å². The van der Waals surface area contributed by atoms with Crippen LogP contribution in [0.1, 0.15) is 70.4 Å². The van der Waals surface area contributed by atoms with Crippen LogP contribution in [0.15, 0.2) is 30.8 Å². The van der Waals surface area contributed by atoms with Crippen molar-refractivity contribution in [2.75, 3.05) is 14.2 Å². The Hall–Kier alpha value is -1.60. The highest BCUT2D eigenvalue weighted by Gasteiger charge is 2.31. The second-order valence-electron chi connectivity index (χ2n) is 8.19. The van der Waals surface area contributed by atoms with Crippen LogP contribution in [0, 0.1) is 11.8 Å². The molecule has 0 heterocycles. The van der Waals surface area contributed by atoms with Crippen molar-refractivity contribution in [2.24, 2.45) is 0 Å². The van der Waals surface area contributed by atoms with Gasteiger partial charge in [-0.05, 0) is 69.2 Å². The summed E-state index contributed by atoms with van der Waals surface area (Å²) in [7, 11) is 3.46. The minimum atomic E-state index is -0.443. The van der Waals surface area contributed by atoms with Crippen LogP contribution in [-0.2, 0) is 14.2 Å². The van der Waals surface area contributed by atoms with E-state index in [-0.39, 0.29) is 0 Å². The molecule has 0 aliphatic heterocycles. The van der Waals surface area contributed by atoms with E-state index < -0.39 is 5.60 Å². The van der Waals surface area contributed by atoms with Crippen molar-refractivity contribution in [3.63, 3.8) is 0 Å². The molecule has 0 radical (unpaired) electrons. The Kier molecular flexibility index (Phi) is 8.76. The van der Waals surface area contributed by atoms with Gasteiger partial charge in [0, 0.05) is 19.8 Å². The molecule has 3 heteroatoms.